The number of aliphatic hydroxyl groups excluding tert-OH is 2. The van der Waals surface area contributed by atoms with E-state index in [2.05, 4.69) is 0 Å². The number of aliphatic carboxylic acids is 1. The molecule has 4 rings (SSSR count). The van der Waals surface area contributed by atoms with Crippen LogP contribution in [0.15, 0.2) is 66.7 Å². The first-order chi connectivity index (χ1) is 21.3. The highest BCUT2D eigenvalue weighted by Gasteiger charge is 2.52. The normalized spacial score (nSPS) is 21.8. The third kappa shape index (κ3) is 7.78. The fraction of sp³-hybridized carbons (Fsp3) is 0.219. The standard InChI is InChI=1S/C32H30O13/c33-16-19-2-1-3-20(10-19)21(11-18-5-8-23(35)25(37)13-18)30(40)44-27-15-32(43,31(41)42)14-26(38)29(27)45-28(39)9-6-17-4-7-22(34)24(36)12-17/h1-13,26-27,29,33-38,43H,14-16H2,(H,41,42). The number of aromatic hydroxyl groups is 4. The summed E-state index contributed by atoms with van der Waals surface area (Å²) in [5.74, 6) is -5.56. The summed E-state index contributed by atoms with van der Waals surface area (Å²) < 4.78 is 11.0. The highest BCUT2D eigenvalue weighted by Crippen LogP contribution is 2.35. The first kappa shape index (κ1) is 32.5. The Labute approximate surface area is 255 Å². The summed E-state index contributed by atoms with van der Waals surface area (Å²) in [4.78, 5) is 38.3. The summed E-state index contributed by atoms with van der Waals surface area (Å²) >= 11 is 0. The molecule has 0 radical (unpaired) electrons. The van der Waals surface area contributed by atoms with Crippen molar-refractivity contribution in [2.75, 3.05) is 0 Å². The summed E-state index contributed by atoms with van der Waals surface area (Å²) in [6, 6.07) is 13.6. The lowest BCUT2D eigenvalue weighted by molar-refractivity contribution is -0.204. The Balaban J connectivity index is 1.67. The van der Waals surface area contributed by atoms with Gasteiger partial charge in [-0.05, 0) is 64.7 Å². The van der Waals surface area contributed by atoms with E-state index < -0.39 is 71.9 Å². The minimum atomic E-state index is -2.55. The maximum Gasteiger partial charge on any atom is 0.339 e. The van der Waals surface area contributed by atoms with Crippen LogP contribution in [0.2, 0.25) is 0 Å². The molecule has 8 N–H and O–H groups in total. The van der Waals surface area contributed by atoms with Gasteiger partial charge in [-0.15, -0.1) is 0 Å². The summed E-state index contributed by atoms with van der Waals surface area (Å²) in [5.41, 5.74) is -1.51. The highest BCUT2D eigenvalue weighted by molar-refractivity contribution is 6.21. The first-order valence-corrected chi connectivity index (χ1v) is 13.5. The second-order valence-corrected chi connectivity index (χ2v) is 10.4. The molecule has 1 saturated carbocycles. The molecular formula is C32H30O13. The van der Waals surface area contributed by atoms with Gasteiger partial charge in [0.2, 0.25) is 0 Å². The number of carbonyl (C=O) groups excluding carboxylic acids is 2. The lowest BCUT2D eigenvalue weighted by atomic mass is 9.79. The Bertz CT molecular complexity index is 1660. The van der Waals surface area contributed by atoms with Crippen LogP contribution in [-0.4, -0.2) is 82.7 Å². The molecule has 1 aliphatic rings. The third-order valence-electron chi connectivity index (χ3n) is 7.10. The largest absolute Gasteiger partial charge is 0.504 e. The summed E-state index contributed by atoms with van der Waals surface area (Å²) in [5, 5.41) is 79.5. The van der Waals surface area contributed by atoms with Gasteiger partial charge in [0, 0.05) is 18.9 Å². The number of carbonyl (C=O) groups is 3. The molecular weight excluding hydrogens is 592 g/mol. The first-order valence-electron chi connectivity index (χ1n) is 13.5. The quantitative estimate of drug-likeness (QED) is 0.0740. The van der Waals surface area contributed by atoms with Crippen molar-refractivity contribution < 1.29 is 64.7 Å². The molecule has 0 aliphatic heterocycles. The summed E-state index contributed by atoms with van der Waals surface area (Å²) in [6.45, 7) is -0.369. The van der Waals surface area contributed by atoms with Crippen LogP contribution in [0.1, 0.15) is 35.1 Å². The number of esters is 2. The molecule has 0 saturated heterocycles. The molecule has 4 unspecified atom stereocenters. The van der Waals surface area contributed by atoms with E-state index >= 15 is 0 Å². The Morgan fingerprint density at radius 1 is 0.844 bits per heavy atom. The van der Waals surface area contributed by atoms with E-state index in [1.165, 1.54) is 54.6 Å². The van der Waals surface area contributed by atoms with Crippen molar-refractivity contribution in [3.8, 4) is 23.0 Å². The minimum absolute atomic E-state index is 0.161. The predicted octanol–water partition coefficient (Wildman–Crippen LogP) is 2.05. The van der Waals surface area contributed by atoms with E-state index in [0.29, 0.717) is 11.1 Å². The van der Waals surface area contributed by atoms with E-state index in [9.17, 15) is 55.2 Å². The van der Waals surface area contributed by atoms with Crippen LogP contribution in [0.25, 0.3) is 17.7 Å². The van der Waals surface area contributed by atoms with Crippen LogP contribution in [0, 0.1) is 0 Å². The molecule has 45 heavy (non-hydrogen) atoms. The smallest absolute Gasteiger partial charge is 0.339 e. The molecule has 3 aromatic carbocycles. The number of hydrogen-bond acceptors (Lipinski definition) is 12. The van der Waals surface area contributed by atoms with Gasteiger partial charge in [0.05, 0.1) is 18.3 Å². The van der Waals surface area contributed by atoms with E-state index in [1.54, 1.807) is 12.1 Å². The fourth-order valence-corrected chi connectivity index (χ4v) is 4.76. The van der Waals surface area contributed by atoms with Gasteiger partial charge in [0.1, 0.15) is 6.10 Å². The Morgan fingerprint density at radius 2 is 1.49 bits per heavy atom. The van der Waals surface area contributed by atoms with Crippen molar-refractivity contribution in [1.82, 2.24) is 0 Å². The molecule has 0 aromatic heterocycles. The molecule has 0 spiro atoms. The minimum Gasteiger partial charge on any atom is -0.504 e. The van der Waals surface area contributed by atoms with Crippen molar-refractivity contribution in [3.05, 3.63) is 89.0 Å². The van der Waals surface area contributed by atoms with Crippen LogP contribution >= 0.6 is 0 Å². The second kappa shape index (κ2) is 13.5. The maximum absolute atomic E-state index is 13.7. The molecule has 1 fully saturated rings. The fourth-order valence-electron chi connectivity index (χ4n) is 4.76. The zero-order valence-electron chi connectivity index (χ0n) is 23.5. The van der Waals surface area contributed by atoms with Gasteiger partial charge in [0.15, 0.2) is 34.7 Å². The molecule has 0 heterocycles. The van der Waals surface area contributed by atoms with Crippen LogP contribution in [0.5, 0.6) is 23.0 Å². The number of rotatable bonds is 9. The number of phenolic OH excluding ortho intramolecular Hbond substituents is 4. The third-order valence-corrected chi connectivity index (χ3v) is 7.10. The van der Waals surface area contributed by atoms with Crippen LogP contribution in [-0.2, 0) is 30.5 Å². The van der Waals surface area contributed by atoms with Crippen molar-refractivity contribution in [3.63, 3.8) is 0 Å². The second-order valence-electron chi connectivity index (χ2n) is 10.4. The van der Waals surface area contributed by atoms with Gasteiger partial charge in [-0.1, -0.05) is 30.3 Å². The number of aliphatic hydroxyl groups is 3. The summed E-state index contributed by atoms with van der Waals surface area (Å²) in [7, 11) is 0. The number of ether oxygens (including phenoxy) is 2. The van der Waals surface area contributed by atoms with Crippen LogP contribution < -0.4 is 0 Å². The monoisotopic (exact) mass is 622 g/mol. The van der Waals surface area contributed by atoms with Gasteiger partial charge < -0.3 is 50.3 Å². The zero-order valence-corrected chi connectivity index (χ0v) is 23.5. The molecule has 0 bridgehead atoms. The molecule has 13 heteroatoms. The topological polar surface area (TPSA) is 232 Å². The SMILES string of the molecule is O=C(C=Cc1ccc(O)c(O)c1)OC1C(O)CC(O)(C(=O)O)CC1OC(=O)C(=Cc1ccc(O)c(O)c1)c1cccc(CO)c1. The molecule has 236 valence electrons. The number of hydrogen-bond donors (Lipinski definition) is 8. The summed E-state index contributed by atoms with van der Waals surface area (Å²) in [6.07, 6.45) is -3.15. The Morgan fingerprint density at radius 3 is 2.11 bits per heavy atom. The zero-order chi connectivity index (χ0) is 32.9. The average Bonchev–Trinajstić information content (AvgIpc) is 2.99. The molecule has 13 nitrogen and oxygen atoms in total. The maximum atomic E-state index is 13.7. The Kier molecular flexibility index (Phi) is 9.77. The van der Waals surface area contributed by atoms with Crippen molar-refractivity contribution >= 4 is 35.6 Å². The number of carboxylic acid groups (broad SMARTS) is 1. The van der Waals surface area contributed by atoms with Gasteiger partial charge in [-0.3, -0.25) is 0 Å². The van der Waals surface area contributed by atoms with Crippen LogP contribution in [0.4, 0.5) is 0 Å². The lowest BCUT2D eigenvalue weighted by Gasteiger charge is -2.40. The van der Waals surface area contributed by atoms with Gasteiger partial charge >= 0.3 is 17.9 Å². The van der Waals surface area contributed by atoms with Crippen LogP contribution in [0.3, 0.4) is 0 Å². The van der Waals surface area contributed by atoms with Gasteiger partial charge in [0.25, 0.3) is 0 Å². The van der Waals surface area contributed by atoms with E-state index in [-0.39, 0.29) is 29.1 Å². The molecule has 0 amide bonds. The number of benzene rings is 3. The number of carboxylic acids is 1. The van der Waals surface area contributed by atoms with Gasteiger partial charge in [-0.2, -0.15) is 0 Å². The van der Waals surface area contributed by atoms with E-state index in [1.807, 2.05) is 0 Å². The molecule has 4 atom stereocenters. The Hall–Kier alpha value is -5.37. The number of phenols is 4. The highest BCUT2D eigenvalue weighted by atomic mass is 16.6. The van der Waals surface area contributed by atoms with Crippen molar-refractivity contribution in [2.45, 2.75) is 43.4 Å². The predicted molar refractivity (Wildman–Crippen MR) is 156 cm³/mol. The average molecular weight is 623 g/mol. The van der Waals surface area contributed by atoms with Gasteiger partial charge in [-0.25, -0.2) is 14.4 Å². The van der Waals surface area contributed by atoms with Crippen molar-refractivity contribution in [2.24, 2.45) is 0 Å². The lowest BCUT2D eigenvalue weighted by Crippen LogP contribution is -2.58. The van der Waals surface area contributed by atoms with E-state index in [4.69, 9.17) is 9.47 Å². The molecule has 1 aliphatic carbocycles. The van der Waals surface area contributed by atoms with Crippen molar-refractivity contribution in [1.29, 1.82) is 0 Å². The van der Waals surface area contributed by atoms with E-state index in [0.717, 1.165) is 12.1 Å². The molecule has 3 aromatic rings.